The summed E-state index contributed by atoms with van der Waals surface area (Å²) in [6.07, 6.45) is -0.605. The quantitative estimate of drug-likeness (QED) is 0.936. The molecule has 0 aliphatic carbocycles. The number of anilines is 1. The Morgan fingerprint density at radius 3 is 2.25 bits per heavy atom. The van der Waals surface area contributed by atoms with Crippen LogP contribution in [0.1, 0.15) is 35.3 Å². The van der Waals surface area contributed by atoms with Crippen molar-refractivity contribution in [3.63, 3.8) is 0 Å². The number of carbonyl (C=O) groups is 1. The molecule has 8 heteroatoms. The number of alkyl halides is 3. The molecule has 2 heterocycles. The van der Waals surface area contributed by atoms with E-state index in [2.05, 4.69) is 4.98 Å². The lowest BCUT2D eigenvalue weighted by Gasteiger charge is -2.28. The zero-order chi connectivity index (χ0) is 17.3. The van der Waals surface area contributed by atoms with Crippen molar-refractivity contribution in [2.45, 2.75) is 25.4 Å². The summed E-state index contributed by atoms with van der Waals surface area (Å²) in [5.74, 6) is -0.312. The van der Waals surface area contributed by atoms with Gasteiger partial charge in [-0.25, -0.2) is 4.98 Å². The van der Waals surface area contributed by atoms with Crippen LogP contribution < -0.4 is 10.6 Å². The van der Waals surface area contributed by atoms with Crippen LogP contribution in [0.5, 0.6) is 0 Å². The molecule has 1 amide bonds. The minimum atomic E-state index is -4.51. The van der Waals surface area contributed by atoms with E-state index >= 15 is 0 Å². The number of imidazole rings is 1. The molecule has 1 aliphatic heterocycles. The molecule has 0 saturated carbocycles. The highest BCUT2D eigenvalue weighted by molar-refractivity contribution is 5.92. The Balaban J connectivity index is 2.04. The number of halogens is 3. The van der Waals surface area contributed by atoms with Gasteiger partial charge < -0.3 is 10.6 Å². The smallest absolute Gasteiger partial charge is 0.366 e. The Bertz CT molecular complexity index is 731. The molecule has 0 bridgehead atoms. The van der Waals surface area contributed by atoms with Crippen LogP contribution in [0, 0.1) is 0 Å². The Morgan fingerprint density at radius 1 is 1.08 bits per heavy atom. The van der Waals surface area contributed by atoms with Gasteiger partial charge in [-0.1, -0.05) is 0 Å². The van der Waals surface area contributed by atoms with Crippen molar-refractivity contribution in [3.8, 4) is 5.69 Å². The minimum Gasteiger partial charge on any atom is -0.366 e. The molecule has 2 N–H and O–H groups in total. The van der Waals surface area contributed by atoms with Gasteiger partial charge in [0.2, 0.25) is 11.9 Å². The van der Waals surface area contributed by atoms with Crippen molar-refractivity contribution < 1.29 is 18.0 Å². The van der Waals surface area contributed by atoms with Gasteiger partial charge in [0, 0.05) is 30.5 Å². The van der Waals surface area contributed by atoms with Crippen molar-refractivity contribution in [1.82, 2.24) is 9.55 Å². The zero-order valence-corrected chi connectivity index (χ0v) is 12.9. The number of piperidine rings is 1. The summed E-state index contributed by atoms with van der Waals surface area (Å²) >= 11 is 0. The van der Waals surface area contributed by atoms with Gasteiger partial charge in [-0.05, 0) is 43.5 Å². The molecule has 2 aromatic rings. The van der Waals surface area contributed by atoms with Crippen molar-refractivity contribution in [3.05, 3.63) is 41.7 Å². The normalized spacial score (nSPS) is 15.5. The van der Waals surface area contributed by atoms with E-state index in [1.807, 2.05) is 4.90 Å². The highest BCUT2D eigenvalue weighted by Crippen LogP contribution is 2.32. The number of primary amides is 1. The van der Waals surface area contributed by atoms with Gasteiger partial charge in [-0.3, -0.25) is 9.36 Å². The van der Waals surface area contributed by atoms with Gasteiger partial charge in [0.05, 0.1) is 0 Å². The first-order chi connectivity index (χ1) is 11.4. The Hall–Kier alpha value is -2.51. The molecule has 0 atom stereocenters. The third kappa shape index (κ3) is 3.22. The fourth-order valence-corrected chi connectivity index (χ4v) is 2.80. The van der Waals surface area contributed by atoms with Crippen LogP contribution in [0.2, 0.25) is 0 Å². The Morgan fingerprint density at radius 2 is 1.71 bits per heavy atom. The highest BCUT2D eigenvalue weighted by Gasteiger charge is 2.36. The van der Waals surface area contributed by atoms with Gasteiger partial charge in [0.15, 0.2) is 5.69 Å². The maximum atomic E-state index is 13.1. The first-order valence-electron chi connectivity index (χ1n) is 7.68. The molecule has 1 fully saturated rings. The second-order valence-corrected chi connectivity index (χ2v) is 5.75. The number of hydrogen-bond acceptors (Lipinski definition) is 3. The molecule has 5 nitrogen and oxygen atoms in total. The molecule has 1 saturated heterocycles. The summed E-state index contributed by atoms with van der Waals surface area (Å²) in [6, 6.07) is 6.11. The summed E-state index contributed by atoms with van der Waals surface area (Å²) in [7, 11) is 0. The van der Waals surface area contributed by atoms with Gasteiger partial charge in [0.1, 0.15) is 0 Å². The molecule has 0 unspecified atom stereocenters. The standard InChI is InChI=1S/C16H17F3N4O/c17-16(18,19)13-10-23(12-6-4-11(5-7-12)14(20)24)15(21-13)22-8-2-1-3-9-22/h4-7,10H,1-3,8-9H2,(H2,20,24). The van der Waals surface area contributed by atoms with Crippen LogP contribution in [-0.4, -0.2) is 28.5 Å². The number of aromatic nitrogens is 2. The average molecular weight is 338 g/mol. The second-order valence-electron chi connectivity index (χ2n) is 5.75. The second kappa shape index (κ2) is 6.18. The lowest BCUT2D eigenvalue weighted by molar-refractivity contribution is -0.140. The topological polar surface area (TPSA) is 64.2 Å². The van der Waals surface area contributed by atoms with Gasteiger partial charge in [-0.15, -0.1) is 0 Å². The molecule has 1 aromatic heterocycles. The van der Waals surface area contributed by atoms with Gasteiger partial charge in [-0.2, -0.15) is 13.2 Å². The minimum absolute atomic E-state index is 0.272. The van der Waals surface area contributed by atoms with E-state index in [-0.39, 0.29) is 5.95 Å². The summed E-state index contributed by atoms with van der Waals surface area (Å²) < 4.78 is 40.7. The third-order valence-corrected chi connectivity index (χ3v) is 4.05. The van der Waals surface area contributed by atoms with E-state index in [0.717, 1.165) is 25.5 Å². The van der Waals surface area contributed by atoms with Crippen molar-refractivity contribution in [2.75, 3.05) is 18.0 Å². The molecule has 1 aliphatic rings. The Kier molecular flexibility index (Phi) is 4.21. The van der Waals surface area contributed by atoms with Crippen LogP contribution in [-0.2, 0) is 6.18 Å². The first-order valence-corrected chi connectivity index (χ1v) is 7.68. The summed E-state index contributed by atoms with van der Waals surface area (Å²) in [6.45, 7) is 1.35. The van der Waals surface area contributed by atoms with Crippen molar-refractivity contribution in [1.29, 1.82) is 0 Å². The lowest BCUT2D eigenvalue weighted by atomic mass is 10.1. The van der Waals surface area contributed by atoms with E-state index < -0.39 is 17.8 Å². The van der Waals surface area contributed by atoms with Crippen molar-refractivity contribution >= 4 is 11.9 Å². The van der Waals surface area contributed by atoms with Gasteiger partial charge in [0.25, 0.3) is 0 Å². The van der Waals surface area contributed by atoms with Crippen molar-refractivity contribution in [2.24, 2.45) is 5.73 Å². The number of rotatable bonds is 3. The predicted molar refractivity (Wildman–Crippen MR) is 83.1 cm³/mol. The van der Waals surface area contributed by atoms with Crippen LogP contribution in [0.15, 0.2) is 30.5 Å². The molecule has 3 rings (SSSR count). The fourth-order valence-electron chi connectivity index (χ4n) is 2.80. The molecular formula is C16H17F3N4O. The fraction of sp³-hybridized carbons (Fsp3) is 0.375. The number of nitrogens with two attached hydrogens (primary N) is 1. The highest BCUT2D eigenvalue weighted by atomic mass is 19.4. The average Bonchev–Trinajstić information content (AvgIpc) is 3.01. The molecule has 0 radical (unpaired) electrons. The van der Waals surface area contributed by atoms with E-state index in [9.17, 15) is 18.0 Å². The number of amides is 1. The van der Waals surface area contributed by atoms with E-state index in [4.69, 9.17) is 5.73 Å². The zero-order valence-electron chi connectivity index (χ0n) is 12.9. The number of hydrogen-bond donors (Lipinski definition) is 1. The van der Waals surface area contributed by atoms with Crippen LogP contribution in [0.25, 0.3) is 5.69 Å². The molecule has 1 aromatic carbocycles. The summed E-state index contributed by atoms with van der Waals surface area (Å²) in [4.78, 5) is 16.8. The van der Waals surface area contributed by atoms with Crippen LogP contribution in [0.3, 0.4) is 0 Å². The lowest BCUT2D eigenvalue weighted by Crippen LogP contribution is -2.31. The van der Waals surface area contributed by atoms with Crippen LogP contribution in [0.4, 0.5) is 19.1 Å². The molecule has 24 heavy (non-hydrogen) atoms. The van der Waals surface area contributed by atoms with E-state index in [1.165, 1.54) is 16.7 Å². The maximum Gasteiger partial charge on any atom is 0.434 e. The predicted octanol–water partition coefficient (Wildman–Crippen LogP) is 2.98. The third-order valence-electron chi connectivity index (χ3n) is 4.05. The van der Waals surface area contributed by atoms with Crippen LogP contribution >= 0.6 is 0 Å². The Labute approximate surface area is 136 Å². The maximum absolute atomic E-state index is 13.1. The summed E-state index contributed by atoms with van der Waals surface area (Å²) in [5, 5.41) is 0. The monoisotopic (exact) mass is 338 g/mol. The number of benzene rings is 1. The van der Waals surface area contributed by atoms with Gasteiger partial charge >= 0.3 is 6.18 Å². The molecule has 128 valence electrons. The first kappa shape index (κ1) is 16.4. The molecular weight excluding hydrogens is 321 g/mol. The number of nitrogens with zero attached hydrogens (tertiary/aromatic N) is 3. The van der Waals surface area contributed by atoms with E-state index in [0.29, 0.717) is 24.3 Å². The SMILES string of the molecule is NC(=O)c1ccc(-n2cc(C(F)(F)F)nc2N2CCCCC2)cc1. The molecule has 0 spiro atoms. The number of carbonyl (C=O) groups excluding carboxylic acids is 1. The summed E-state index contributed by atoms with van der Waals surface area (Å²) in [5.41, 5.74) is 5.07. The largest absolute Gasteiger partial charge is 0.434 e. The van der Waals surface area contributed by atoms with E-state index in [1.54, 1.807) is 12.1 Å².